The first-order valence-electron chi connectivity index (χ1n) is 10.3. The number of aromatic nitrogens is 1. The number of methoxy groups -OCH3 is 1. The highest BCUT2D eigenvalue weighted by molar-refractivity contribution is 7.14. The van der Waals surface area contributed by atoms with Gasteiger partial charge in [-0.25, -0.2) is 0 Å². The Balaban J connectivity index is 1.45. The molecule has 1 aromatic carbocycles. The lowest BCUT2D eigenvalue weighted by molar-refractivity contribution is 0.0721. The number of benzene rings is 1. The molecule has 1 aliphatic heterocycles. The van der Waals surface area contributed by atoms with Crippen LogP contribution in [-0.4, -0.2) is 59.9 Å². The molecule has 0 aliphatic carbocycles. The third-order valence-electron chi connectivity index (χ3n) is 5.53. The molecule has 0 bridgehead atoms. The summed E-state index contributed by atoms with van der Waals surface area (Å²) in [7, 11) is 1.65. The van der Waals surface area contributed by atoms with E-state index in [2.05, 4.69) is 4.98 Å². The summed E-state index contributed by atoms with van der Waals surface area (Å²) in [5, 5.41) is 0. The molecule has 0 unspecified atom stereocenters. The smallest absolute Gasteiger partial charge is 0.264 e. The second-order valence-electron chi connectivity index (χ2n) is 7.48. The summed E-state index contributed by atoms with van der Waals surface area (Å²) in [6.45, 7) is 4.39. The van der Waals surface area contributed by atoms with Gasteiger partial charge in [0.15, 0.2) is 0 Å². The van der Waals surface area contributed by atoms with Gasteiger partial charge >= 0.3 is 0 Å². The first-order chi connectivity index (χ1) is 15.1. The largest absolute Gasteiger partial charge is 0.497 e. The molecule has 3 heterocycles. The van der Waals surface area contributed by atoms with Crippen LogP contribution in [0.1, 0.15) is 31.3 Å². The first-order valence-corrected chi connectivity index (χ1v) is 11.1. The summed E-state index contributed by atoms with van der Waals surface area (Å²) >= 11 is 1.52. The average Bonchev–Trinajstić information content (AvgIpc) is 3.04. The van der Waals surface area contributed by atoms with Crippen LogP contribution in [0, 0.1) is 6.92 Å². The van der Waals surface area contributed by atoms with Crippen LogP contribution >= 0.6 is 11.3 Å². The lowest BCUT2D eigenvalue weighted by Crippen LogP contribution is -2.37. The topological polar surface area (TPSA) is 62.7 Å². The molecule has 2 aromatic heterocycles. The zero-order valence-corrected chi connectivity index (χ0v) is 18.5. The first kappa shape index (κ1) is 21.1. The highest BCUT2D eigenvalue weighted by Gasteiger charge is 2.25. The zero-order chi connectivity index (χ0) is 21.8. The van der Waals surface area contributed by atoms with Crippen LogP contribution in [0.4, 0.5) is 0 Å². The molecule has 0 N–H and O–H groups in total. The van der Waals surface area contributed by atoms with Crippen LogP contribution in [0.2, 0.25) is 0 Å². The third-order valence-corrected chi connectivity index (χ3v) is 6.57. The maximum atomic E-state index is 13.2. The Hall–Kier alpha value is -3.19. The van der Waals surface area contributed by atoms with Gasteiger partial charge in [0.2, 0.25) is 0 Å². The molecular weight excluding hydrogens is 410 g/mol. The molecule has 160 valence electrons. The van der Waals surface area contributed by atoms with E-state index in [1.165, 1.54) is 11.3 Å². The Morgan fingerprint density at radius 1 is 0.935 bits per heavy atom. The van der Waals surface area contributed by atoms with Crippen molar-refractivity contribution in [2.75, 3.05) is 33.3 Å². The van der Waals surface area contributed by atoms with Crippen LogP contribution in [0.25, 0.3) is 11.1 Å². The number of carbonyl (C=O) groups excluding carboxylic acids is 2. The molecular formula is C24H25N3O3S. The molecule has 0 saturated carbocycles. The van der Waals surface area contributed by atoms with Crippen LogP contribution in [0.15, 0.2) is 54.9 Å². The van der Waals surface area contributed by atoms with E-state index in [1.54, 1.807) is 31.6 Å². The SMILES string of the molecule is COc1ccc(-c2cc(C(=O)N3CCCN(C(=O)c4ccncc4)CC3)sc2C)cc1. The van der Waals surface area contributed by atoms with Gasteiger partial charge in [-0.2, -0.15) is 0 Å². The zero-order valence-electron chi connectivity index (χ0n) is 17.7. The van der Waals surface area contributed by atoms with Gasteiger partial charge in [-0.1, -0.05) is 12.1 Å². The number of carbonyl (C=O) groups is 2. The number of thiophene rings is 1. The molecule has 31 heavy (non-hydrogen) atoms. The van der Waals surface area contributed by atoms with Crippen molar-refractivity contribution in [2.45, 2.75) is 13.3 Å². The lowest BCUT2D eigenvalue weighted by Gasteiger charge is -2.22. The molecule has 4 rings (SSSR count). The van der Waals surface area contributed by atoms with Crippen molar-refractivity contribution in [3.05, 3.63) is 70.2 Å². The Bertz CT molecular complexity index is 1060. The van der Waals surface area contributed by atoms with Crippen molar-refractivity contribution in [1.82, 2.24) is 14.8 Å². The van der Waals surface area contributed by atoms with E-state index in [4.69, 9.17) is 4.74 Å². The van der Waals surface area contributed by atoms with Crippen molar-refractivity contribution in [3.8, 4) is 16.9 Å². The standard InChI is InChI=1S/C24H25N3O3S/c1-17-21(18-4-6-20(30-2)7-5-18)16-22(31-17)24(29)27-13-3-12-26(14-15-27)23(28)19-8-10-25-11-9-19/h4-11,16H,3,12-15H2,1-2H3. The summed E-state index contributed by atoms with van der Waals surface area (Å²) in [6, 6.07) is 13.3. The van der Waals surface area contributed by atoms with Gasteiger partial charge in [-0.05, 0) is 54.8 Å². The quantitative estimate of drug-likeness (QED) is 0.619. The van der Waals surface area contributed by atoms with E-state index < -0.39 is 0 Å². The van der Waals surface area contributed by atoms with Crippen molar-refractivity contribution in [2.24, 2.45) is 0 Å². The Morgan fingerprint density at radius 3 is 2.23 bits per heavy atom. The number of ether oxygens (including phenoxy) is 1. The van der Waals surface area contributed by atoms with Gasteiger partial charge in [-0.3, -0.25) is 14.6 Å². The monoisotopic (exact) mass is 435 g/mol. The van der Waals surface area contributed by atoms with Gasteiger partial charge < -0.3 is 14.5 Å². The average molecular weight is 436 g/mol. The molecule has 0 radical (unpaired) electrons. The fourth-order valence-corrected chi connectivity index (χ4v) is 4.81. The molecule has 0 atom stereocenters. The van der Waals surface area contributed by atoms with Gasteiger partial charge in [0.1, 0.15) is 5.75 Å². The Kier molecular flexibility index (Phi) is 6.32. The number of nitrogens with zero attached hydrogens (tertiary/aromatic N) is 3. The van der Waals surface area contributed by atoms with Crippen LogP contribution in [0.5, 0.6) is 5.75 Å². The van der Waals surface area contributed by atoms with Gasteiger partial charge in [-0.15, -0.1) is 11.3 Å². The second-order valence-corrected chi connectivity index (χ2v) is 8.74. The minimum atomic E-state index is -0.00883. The summed E-state index contributed by atoms with van der Waals surface area (Å²) < 4.78 is 5.23. The lowest BCUT2D eigenvalue weighted by atomic mass is 10.1. The summed E-state index contributed by atoms with van der Waals surface area (Å²) in [5.74, 6) is 0.833. The minimum Gasteiger partial charge on any atom is -0.497 e. The summed E-state index contributed by atoms with van der Waals surface area (Å²) in [6.07, 6.45) is 4.01. The normalized spacial score (nSPS) is 14.3. The predicted octanol–water partition coefficient (Wildman–Crippen LogP) is 4.12. The van der Waals surface area contributed by atoms with E-state index in [-0.39, 0.29) is 11.8 Å². The molecule has 7 heteroatoms. The summed E-state index contributed by atoms with van der Waals surface area (Å²) in [5.41, 5.74) is 2.77. The number of hydrogen-bond acceptors (Lipinski definition) is 5. The molecule has 1 fully saturated rings. The van der Waals surface area contributed by atoms with Crippen LogP contribution in [0.3, 0.4) is 0 Å². The van der Waals surface area contributed by atoms with E-state index in [0.29, 0.717) is 31.7 Å². The second kappa shape index (κ2) is 9.31. The molecule has 2 amide bonds. The molecule has 6 nitrogen and oxygen atoms in total. The Labute approximate surface area is 186 Å². The Morgan fingerprint density at radius 2 is 1.58 bits per heavy atom. The number of hydrogen-bond donors (Lipinski definition) is 0. The van der Waals surface area contributed by atoms with Gasteiger partial charge in [0.25, 0.3) is 11.8 Å². The summed E-state index contributed by atoms with van der Waals surface area (Å²) in [4.78, 5) is 35.4. The van der Waals surface area contributed by atoms with Crippen molar-refractivity contribution >= 4 is 23.2 Å². The predicted molar refractivity (Wildman–Crippen MR) is 122 cm³/mol. The maximum Gasteiger partial charge on any atom is 0.264 e. The highest BCUT2D eigenvalue weighted by Crippen LogP contribution is 2.32. The maximum absolute atomic E-state index is 13.2. The van der Waals surface area contributed by atoms with Crippen molar-refractivity contribution in [3.63, 3.8) is 0 Å². The molecule has 0 spiro atoms. The minimum absolute atomic E-state index is 0.00883. The fraction of sp³-hybridized carbons (Fsp3) is 0.292. The molecule has 1 aliphatic rings. The highest BCUT2D eigenvalue weighted by atomic mass is 32.1. The van der Waals surface area contributed by atoms with Gasteiger partial charge in [0, 0.05) is 49.0 Å². The van der Waals surface area contributed by atoms with E-state index >= 15 is 0 Å². The van der Waals surface area contributed by atoms with E-state index in [1.807, 2.05) is 47.1 Å². The number of aryl methyl sites for hydroxylation is 1. The van der Waals surface area contributed by atoms with Crippen LogP contribution in [-0.2, 0) is 0 Å². The third kappa shape index (κ3) is 4.61. The fourth-order valence-electron chi connectivity index (χ4n) is 3.80. The molecule has 3 aromatic rings. The van der Waals surface area contributed by atoms with Crippen molar-refractivity contribution < 1.29 is 14.3 Å². The molecule has 1 saturated heterocycles. The van der Waals surface area contributed by atoms with Crippen molar-refractivity contribution in [1.29, 1.82) is 0 Å². The van der Waals surface area contributed by atoms with Gasteiger partial charge in [0.05, 0.1) is 12.0 Å². The number of amides is 2. The number of rotatable bonds is 4. The van der Waals surface area contributed by atoms with E-state index in [0.717, 1.165) is 33.1 Å². The van der Waals surface area contributed by atoms with Crippen LogP contribution < -0.4 is 4.74 Å². The van der Waals surface area contributed by atoms with E-state index in [9.17, 15) is 9.59 Å². The number of pyridine rings is 1.